The molecule has 5 aliphatic heterocycles. The molecule has 0 aromatic carbocycles. The van der Waals surface area contributed by atoms with Crippen molar-refractivity contribution in [3.05, 3.63) is 12.2 Å². The number of carboxylic acids is 1. The number of aliphatic hydroxyl groups excluding tert-OH is 1. The van der Waals surface area contributed by atoms with Crippen LogP contribution in [0.2, 0.25) is 0 Å². The molecule has 0 radical (unpaired) electrons. The number of rotatable bonds is 14. The number of ether oxygens (including phenoxy) is 5. The summed E-state index contributed by atoms with van der Waals surface area (Å²) >= 11 is 0. The minimum atomic E-state index is -1.28. The molecule has 9 rings (SSSR count). The van der Waals surface area contributed by atoms with E-state index in [1.54, 1.807) is 6.92 Å². The molecule has 4 bridgehead atoms. The van der Waals surface area contributed by atoms with Gasteiger partial charge in [-0.3, -0.25) is 14.4 Å². The Hall–Kier alpha value is -1.93. The number of carbonyl (C=O) groups is 3. The van der Waals surface area contributed by atoms with Gasteiger partial charge in [0.2, 0.25) is 5.91 Å². The van der Waals surface area contributed by atoms with Crippen molar-refractivity contribution in [1.29, 1.82) is 0 Å². The number of nitrogens with one attached hydrogen (secondary N) is 1. The van der Waals surface area contributed by atoms with Crippen LogP contribution in [0.25, 0.3) is 0 Å². The van der Waals surface area contributed by atoms with E-state index in [2.05, 4.69) is 39.1 Å². The molecule has 9 aliphatic rings. The molecule has 12 heteroatoms. The Balaban J connectivity index is 1.04. The van der Waals surface area contributed by atoms with E-state index in [-0.39, 0.29) is 53.2 Å². The number of carboxylic acid groups (broad SMARTS) is 1. The average Bonchev–Trinajstić information content (AvgIpc) is 3.60. The van der Waals surface area contributed by atoms with Gasteiger partial charge in [-0.05, 0) is 146 Å². The minimum absolute atomic E-state index is 0.00130. The van der Waals surface area contributed by atoms with E-state index < -0.39 is 76.8 Å². The van der Waals surface area contributed by atoms with Gasteiger partial charge in [0.05, 0.1) is 53.7 Å². The highest BCUT2D eigenvalue weighted by Gasteiger charge is 2.65. The fourth-order valence-corrected chi connectivity index (χ4v) is 15.4. The molecule has 4 saturated heterocycles. The van der Waals surface area contributed by atoms with E-state index >= 15 is 0 Å². The molecule has 4 saturated carbocycles. The molecule has 2 spiro atoms. The van der Waals surface area contributed by atoms with E-state index in [4.69, 9.17) is 23.7 Å². The third-order valence-corrected chi connectivity index (χ3v) is 19.3. The highest BCUT2D eigenvalue weighted by molar-refractivity contribution is 5.84. The van der Waals surface area contributed by atoms with Crippen LogP contribution in [0.3, 0.4) is 0 Å². The van der Waals surface area contributed by atoms with Crippen molar-refractivity contribution in [2.75, 3.05) is 0 Å². The molecule has 4 N–H and O–H groups in total. The van der Waals surface area contributed by atoms with Gasteiger partial charge in [-0.2, -0.15) is 0 Å². The summed E-state index contributed by atoms with van der Waals surface area (Å²) in [6, 6.07) is -0.579. The SMILES string of the molecule is CC[C@@H](C(=O)[C@@H](C)[C@@H](O)[C@H](C)[C@@H]1O[C@@H]([C@@H](CC)C(=O)O)CC[C@@H]1C)[C@H]1O[C@]2(C=C[C@H](NC(=O)C34CC5CC(CC(C5)C3)C4)[C@]3(CC[C@@](C)([C@H]4CC[C@](O)(CC)[C@H](C)O4)O3)O2)[C@H](C)C[C@@H]1C. The zero-order valence-electron chi connectivity index (χ0n) is 41.4. The first-order valence-corrected chi connectivity index (χ1v) is 26.2. The number of ketones is 1. The van der Waals surface area contributed by atoms with Crippen LogP contribution in [0.4, 0.5) is 0 Å². The van der Waals surface area contributed by atoms with Crippen LogP contribution in [0.5, 0.6) is 0 Å². The molecule has 18 atom stereocenters. The first-order valence-electron chi connectivity index (χ1n) is 26.2. The Morgan fingerprint density at radius 1 is 0.800 bits per heavy atom. The predicted molar refractivity (Wildman–Crippen MR) is 245 cm³/mol. The molecule has 12 nitrogen and oxygen atoms in total. The maximum Gasteiger partial charge on any atom is 0.309 e. The second-order valence-corrected chi connectivity index (χ2v) is 23.6. The van der Waals surface area contributed by atoms with Gasteiger partial charge < -0.3 is 44.3 Å². The summed E-state index contributed by atoms with van der Waals surface area (Å²) in [4.78, 5) is 41.7. The molecular weight excluding hydrogens is 827 g/mol. The molecule has 1 amide bonds. The molecule has 5 heterocycles. The van der Waals surface area contributed by atoms with E-state index in [0.717, 1.165) is 32.1 Å². The second kappa shape index (κ2) is 18.4. The lowest BCUT2D eigenvalue weighted by molar-refractivity contribution is -0.398. The Morgan fingerprint density at radius 2 is 1.45 bits per heavy atom. The van der Waals surface area contributed by atoms with Gasteiger partial charge in [0.1, 0.15) is 11.8 Å². The summed E-state index contributed by atoms with van der Waals surface area (Å²) < 4.78 is 35.2. The predicted octanol–water partition coefficient (Wildman–Crippen LogP) is 8.53. The fraction of sp³-hybridized carbons (Fsp3) is 0.906. The number of Topliss-reactive ketones (excluding diaryl/α,β-unsaturated/α-hetero) is 1. The fourth-order valence-electron chi connectivity index (χ4n) is 15.4. The van der Waals surface area contributed by atoms with Crippen LogP contribution < -0.4 is 5.32 Å². The Labute approximate surface area is 389 Å². The highest BCUT2D eigenvalue weighted by atomic mass is 16.8. The van der Waals surface area contributed by atoms with Crippen molar-refractivity contribution in [2.24, 2.45) is 64.6 Å². The summed E-state index contributed by atoms with van der Waals surface area (Å²) in [5.74, 6) is -3.79. The maximum absolute atomic E-state index is 14.8. The van der Waals surface area contributed by atoms with Gasteiger partial charge in [-0.25, -0.2) is 0 Å². The normalized spacial score (nSPS) is 48.2. The van der Waals surface area contributed by atoms with Crippen LogP contribution in [0.1, 0.15) is 172 Å². The van der Waals surface area contributed by atoms with Gasteiger partial charge in [0, 0.05) is 35.5 Å². The number of hydrogen-bond acceptors (Lipinski definition) is 10. The number of carbonyl (C=O) groups excluding carboxylic acids is 2. The van der Waals surface area contributed by atoms with Gasteiger partial charge in [-0.15, -0.1) is 0 Å². The van der Waals surface area contributed by atoms with Crippen LogP contribution in [-0.4, -0.2) is 98.4 Å². The quantitative estimate of drug-likeness (QED) is 0.123. The Morgan fingerprint density at radius 3 is 2.03 bits per heavy atom. The summed E-state index contributed by atoms with van der Waals surface area (Å²) in [6.07, 6.45) is 13.7. The number of aliphatic carboxylic acids is 1. The zero-order chi connectivity index (χ0) is 47.0. The standard InChI is InChI=1S/C53H85NO11/c1-11-38(47(57)58)40-15-14-29(4)45(62-40)33(8)43(55)32(7)44(56)39(12-2)46-30(5)22-31(6)52(63-46)19-16-41(54-48(59)50-26-35-23-36(27-50)25-37(24-35)28-50)53(65-52)21-20-49(10,64-53)42-17-18-51(60,13-3)34(9)61-42/h16,19,29-43,45-46,55,60H,11-15,17-18,20-28H2,1-10H3,(H,54,59)(H,57,58)/t29-,30-,31+,32-,33-,34-,35?,36?,37?,38+,39-,40+,41-,42+,43+,45+,46-,49-,50?,51+,52-,53-/m0/s1. The molecule has 368 valence electrons. The Bertz CT molecular complexity index is 1750. The molecule has 4 aliphatic carbocycles. The second-order valence-electron chi connectivity index (χ2n) is 23.6. The van der Waals surface area contributed by atoms with Gasteiger partial charge in [-0.1, -0.05) is 61.5 Å². The van der Waals surface area contributed by atoms with Gasteiger partial charge in [0.25, 0.3) is 0 Å². The van der Waals surface area contributed by atoms with E-state index in [9.17, 15) is 29.7 Å². The molecule has 0 unspecified atom stereocenters. The topological polar surface area (TPSA) is 170 Å². The minimum Gasteiger partial charge on any atom is -0.481 e. The summed E-state index contributed by atoms with van der Waals surface area (Å²) in [7, 11) is 0. The first kappa shape index (κ1) is 49.5. The van der Waals surface area contributed by atoms with Gasteiger partial charge in [0.15, 0.2) is 11.6 Å². The van der Waals surface area contributed by atoms with E-state index in [1.165, 1.54) is 19.3 Å². The molecule has 0 aromatic heterocycles. The summed E-state index contributed by atoms with van der Waals surface area (Å²) in [5.41, 5.74) is -2.03. The van der Waals surface area contributed by atoms with Crippen LogP contribution in [0, 0.1) is 64.6 Å². The highest BCUT2D eigenvalue weighted by Crippen LogP contribution is 2.61. The van der Waals surface area contributed by atoms with Crippen LogP contribution in [0.15, 0.2) is 12.2 Å². The molecule has 8 fully saturated rings. The van der Waals surface area contributed by atoms with E-state index in [1.807, 2.05) is 40.7 Å². The number of hydrogen-bond donors (Lipinski definition) is 4. The first-order chi connectivity index (χ1) is 30.6. The van der Waals surface area contributed by atoms with Gasteiger partial charge >= 0.3 is 5.97 Å². The third kappa shape index (κ3) is 8.85. The van der Waals surface area contributed by atoms with Crippen molar-refractivity contribution in [2.45, 2.75) is 237 Å². The molecule has 0 aromatic rings. The number of amides is 1. The lowest BCUT2D eigenvalue weighted by Gasteiger charge is -2.57. The number of aliphatic hydroxyl groups is 2. The Kier molecular flexibility index (Phi) is 14.0. The third-order valence-electron chi connectivity index (χ3n) is 19.3. The van der Waals surface area contributed by atoms with Crippen LogP contribution in [-0.2, 0) is 38.1 Å². The van der Waals surface area contributed by atoms with Crippen molar-refractivity contribution >= 4 is 17.7 Å². The van der Waals surface area contributed by atoms with Crippen molar-refractivity contribution in [3.63, 3.8) is 0 Å². The molecule has 65 heavy (non-hydrogen) atoms. The van der Waals surface area contributed by atoms with Crippen LogP contribution >= 0.6 is 0 Å². The summed E-state index contributed by atoms with van der Waals surface area (Å²) in [5, 5.41) is 36.7. The smallest absolute Gasteiger partial charge is 0.309 e. The maximum atomic E-state index is 14.8. The van der Waals surface area contributed by atoms with Crippen molar-refractivity contribution in [3.8, 4) is 0 Å². The van der Waals surface area contributed by atoms with Crippen molar-refractivity contribution < 1.29 is 53.4 Å². The summed E-state index contributed by atoms with van der Waals surface area (Å²) in [6.45, 7) is 20.0. The molecular formula is C53H85NO11. The largest absolute Gasteiger partial charge is 0.481 e. The average molecular weight is 912 g/mol. The van der Waals surface area contributed by atoms with E-state index in [0.29, 0.717) is 69.1 Å². The monoisotopic (exact) mass is 912 g/mol. The van der Waals surface area contributed by atoms with Crippen molar-refractivity contribution in [1.82, 2.24) is 5.32 Å². The zero-order valence-corrected chi connectivity index (χ0v) is 41.4. The lowest BCUT2D eigenvalue weighted by Crippen LogP contribution is -2.67. The lowest BCUT2D eigenvalue weighted by atomic mass is 9.49.